The number of alkyl carbamates (subject to hydrolysis) is 1. The Kier molecular flexibility index (Phi) is 6.38. The van der Waals surface area contributed by atoms with E-state index in [-0.39, 0.29) is 18.0 Å². The number of aryl methyl sites for hydroxylation is 2. The number of carbonyl (C=O) groups excluding carboxylic acids is 2. The van der Waals surface area contributed by atoms with E-state index in [1.54, 1.807) is 0 Å². The Morgan fingerprint density at radius 2 is 1.93 bits per heavy atom. The van der Waals surface area contributed by atoms with Gasteiger partial charge in [-0.2, -0.15) is 10.2 Å². The predicted molar refractivity (Wildman–Crippen MR) is 114 cm³/mol. The Bertz CT molecular complexity index is 900. The first-order valence-electron chi connectivity index (χ1n) is 10.7. The fraction of sp³-hybridized carbons (Fsp3) is 0.714. The second kappa shape index (κ2) is 8.65. The lowest BCUT2D eigenvalue weighted by Crippen LogP contribution is -2.47. The van der Waals surface area contributed by atoms with Crippen molar-refractivity contribution in [1.29, 1.82) is 0 Å². The van der Waals surface area contributed by atoms with Gasteiger partial charge >= 0.3 is 6.09 Å². The van der Waals surface area contributed by atoms with Gasteiger partial charge in [0, 0.05) is 31.6 Å². The molecule has 3 heterocycles. The monoisotopic (exact) mass is 418 g/mol. The van der Waals surface area contributed by atoms with E-state index in [4.69, 9.17) is 4.74 Å². The number of hydrogen-bond acceptors (Lipinski definition) is 5. The van der Waals surface area contributed by atoms with E-state index in [1.165, 1.54) is 0 Å². The van der Waals surface area contributed by atoms with Crippen LogP contribution in [0.2, 0.25) is 0 Å². The molecular weight excluding hydrogens is 384 g/mol. The molecule has 166 valence electrons. The summed E-state index contributed by atoms with van der Waals surface area (Å²) < 4.78 is 9.16. The molecule has 2 aromatic rings. The van der Waals surface area contributed by atoms with Crippen LogP contribution in [0.1, 0.15) is 65.6 Å². The number of carbonyl (C=O) groups is 2. The molecule has 0 saturated carbocycles. The Morgan fingerprint density at radius 3 is 2.53 bits per heavy atom. The zero-order valence-corrected chi connectivity index (χ0v) is 18.9. The highest BCUT2D eigenvalue weighted by Crippen LogP contribution is 2.22. The molecule has 0 radical (unpaired) electrons. The summed E-state index contributed by atoms with van der Waals surface area (Å²) in [7, 11) is 0. The lowest BCUT2D eigenvalue weighted by atomic mass is 10.0. The molecule has 0 bridgehead atoms. The maximum atomic E-state index is 12.7. The molecule has 9 heteroatoms. The summed E-state index contributed by atoms with van der Waals surface area (Å²) in [6, 6.07) is 0.301. The molecule has 0 aliphatic carbocycles. The third-order valence-corrected chi connectivity index (χ3v) is 5.26. The molecule has 30 heavy (non-hydrogen) atoms. The molecule has 2 aromatic heterocycles. The van der Waals surface area contributed by atoms with Crippen LogP contribution >= 0.6 is 0 Å². The van der Waals surface area contributed by atoms with Gasteiger partial charge in [-0.15, -0.1) is 0 Å². The zero-order valence-electron chi connectivity index (χ0n) is 18.9. The minimum Gasteiger partial charge on any atom is -0.444 e. The number of amides is 2. The molecule has 3 rings (SSSR count). The first kappa shape index (κ1) is 22.1. The summed E-state index contributed by atoms with van der Waals surface area (Å²) in [5, 5.41) is 12.0. The average Bonchev–Trinajstić information content (AvgIpc) is 3.20. The van der Waals surface area contributed by atoms with E-state index < -0.39 is 11.7 Å². The van der Waals surface area contributed by atoms with Crippen molar-refractivity contribution in [2.45, 2.75) is 85.0 Å². The summed E-state index contributed by atoms with van der Waals surface area (Å²) in [5.74, 6) is 0.114. The van der Waals surface area contributed by atoms with Gasteiger partial charge < -0.3 is 15.0 Å². The number of hydrogen-bond donors (Lipinski definition) is 1. The van der Waals surface area contributed by atoms with Crippen LogP contribution in [0.15, 0.2) is 6.20 Å². The Hall–Kier alpha value is -2.58. The third kappa shape index (κ3) is 5.12. The smallest absolute Gasteiger partial charge is 0.407 e. The number of rotatable bonds is 5. The normalized spacial score (nSPS) is 15.8. The molecule has 1 N–H and O–H groups in total. The lowest BCUT2D eigenvalue weighted by molar-refractivity contribution is -0.132. The van der Waals surface area contributed by atoms with Crippen molar-refractivity contribution >= 4 is 23.0 Å². The molecule has 0 spiro atoms. The van der Waals surface area contributed by atoms with Crippen molar-refractivity contribution in [2.24, 2.45) is 0 Å². The van der Waals surface area contributed by atoms with Crippen molar-refractivity contribution in [3.8, 4) is 0 Å². The van der Waals surface area contributed by atoms with Crippen LogP contribution in [-0.4, -0.2) is 61.2 Å². The van der Waals surface area contributed by atoms with Gasteiger partial charge in [0.15, 0.2) is 0 Å². The van der Waals surface area contributed by atoms with Crippen molar-refractivity contribution in [3.05, 3.63) is 11.9 Å². The number of piperidine rings is 1. The van der Waals surface area contributed by atoms with Crippen LogP contribution in [0.25, 0.3) is 11.0 Å². The molecule has 0 unspecified atom stereocenters. The van der Waals surface area contributed by atoms with Gasteiger partial charge in [-0.3, -0.25) is 14.2 Å². The molecule has 1 saturated heterocycles. The van der Waals surface area contributed by atoms with Crippen LogP contribution in [0.5, 0.6) is 0 Å². The van der Waals surface area contributed by atoms with Crippen LogP contribution < -0.4 is 5.32 Å². The molecule has 9 nitrogen and oxygen atoms in total. The van der Waals surface area contributed by atoms with Gasteiger partial charge in [0.25, 0.3) is 0 Å². The highest BCUT2D eigenvalue weighted by molar-refractivity contribution is 5.79. The standard InChI is InChI=1S/C21H34N6O3/c1-14(2)27-17-13-22-26(19(17)15(3)24-27)12-9-18(28)25-10-7-16(8-11-25)23-20(29)30-21(4,5)6/h13-14,16H,7-12H2,1-6H3,(H,23,29). The van der Waals surface area contributed by atoms with Crippen LogP contribution in [0.4, 0.5) is 4.79 Å². The summed E-state index contributed by atoms with van der Waals surface area (Å²) in [4.78, 5) is 26.5. The van der Waals surface area contributed by atoms with Crippen molar-refractivity contribution in [1.82, 2.24) is 29.8 Å². The molecule has 2 amide bonds. The topological polar surface area (TPSA) is 94.3 Å². The maximum absolute atomic E-state index is 12.7. The fourth-order valence-electron chi connectivity index (χ4n) is 3.85. The van der Waals surface area contributed by atoms with Gasteiger partial charge in [0.05, 0.1) is 18.4 Å². The minimum atomic E-state index is -0.511. The van der Waals surface area contributed by atoms with E-state index in [0.29, 0.717) is 26.1 Å². The molecule has 1 aliphatic heterocycles. The van der Waals surface area contributed by atoms with Crippen molar-refractivity contribution in [2.75, 3.05) is 13.1 Å². The lowest BCUT2D eigenvalue weighted by Gasteiger charge is -2.33. The van der Waals surface area contributed by atoms with Crippen molar-refractivity contribution < 1.29 is 14.3 Å². The Labute approximate surface area is 177 Å². The van der Waals surface area contributed by atoms with E-state index in [2.05, 4.69) is 29.4 Å². The van der Waals surface area contributed by atoms with Crippen LogP contribution in [0, 0.1) is 6.92 Å². The van der Waals surface area contributed by atoms with Gasteiger partial charge in [-0.05, 0) is 54.4 Å². The molecular formula is C21H34N6O3. The minimum absolute atomic E-state index is 0.0409. The number of ether oxygens (including phenoxy) is 1. The second-order valence-electron chi connectivity index (χ2n) is 9.28. The predicted octanol–water partition coefficient (Wildman–Crippen LogP) is 3.03. The van der Waals surface area contributed by atoms with E-state index in [1.807, 2.05) is 48.2 Å². The largest absolute Gasteiger partial charge is 0.444 e. The number of likely N-dealkylation sites (tertiary alicyclic amines) is 1. The molecule has 0 atom stereocenters. The number of nitrogens with one attached hydrogen (secondary N) is 1. The van der Waals surface area contributed by atoms with Gasteiger partial charge in [-0.25, -0.2) is 4.79 Å². The molecule has 1 aliphatic rings. The quantitative estimate of drug-likeness (QED) is 0.805. The third-order valence-electron chi connectivity index (χ3n) is 5.26. The summed E-state index contributed by atoms with van der Waals surface area (Å²) in [6.45, 7) is 13.5. The van der Waals surface area contributed by atoms with E-state index in [9.17, 15) is 9.59 Å². The van der Waals surface area contributed by atoms with Gasteiger partial charge in [0.1, 0.15) is 16.6 Å². The zero-order chi connectivity index (χ0) is 22.1. The second-order valence-corrected chi connectivity index (χ2v) is 9.28. The highest BCUT2D eigenvalue weighted by atomic mass is 16.6. The number of aromatic nitrogens is 4. The number of nitrogens with zero attached hydrogens (tertiary/aromatic N) is 5. The maximum Gasteiger partial charge on any atom is 0.407 e. The molecule has 0 aromatic carbocycles. The molecule has 1 fully saturated rings. The highest BCUT2D eigenvalue weighted by Gasteiger charge is 2.26. The van der Waals surface area contributed by atoms with Crippen LogP contribution in [-0.2, 0) is 16.1 Å². The van der Waals surface area contributed by atoms with Gasteiger partial charge in [0.2, 0.25) is 5.91 Å². The van der Waals surface area contributed by atoms with Gasteiger partial charge in [-0.1, -0.05) is 0 Å². The van der Waals surface area contributed by atoms with Crippen LogP contribution in [0.3, 0.4) is 0 Å². The first-order valence-corrected chi connectivity index (χ1v) is 10.7. The fourth-order valence-corrected chi connectivity index (χ4v) is 3.85. The Morgan fingerprint density at radius 1 is 1.27 bits per heavy atom. The average molecular weight is 419 g/mol. The summed E-state index contributed by atoms with van der Waals surface area (Å²) >= 11 is 0. The Balaban J connectivity index is 1.50. The summed E-state index contributed by atoms with van der Waals surface area (Å²) in [5.41, 5.74) is 2.42. The van der Waals surface area contributed by atoms with E-state index in [0.717, 1.165) is 29.6 Å². The van der Waals surface area contributed by atoms with E-state index >= 15 is 0 Å². The SMILES string of the molecule is Cc1nn(C(C)C)c2cnn(CCC(=O)N3CCC(NC(=O)OC(C)(C)C)CC3)c12. The number of fused-ring (bicyclic) bond motifs is 1. The summed E-state index contributed by atoms with van der Waals surface area (Å²) in [6.07, 6.45) is 3.29. The first-order chi connectivity index (χ1) is 14.0. The van der Waals surface area contributed by atoms with Crippen molar-refractivity contribution in [3.63, 3.8) is 0 Å².